The molecule has 1 N–H and O–H groups in total. The van der Waals surface area contributed by atoms with Gasteiger partial charge >= 0.3 is 5.97 Å². The van der Waals surface area contributed by atoms with Gasteiger partial charge in [-0.05, 0) is 26.2 Å². The first-order valence-electron chi connectivity index (χ1n) is 6.40. The zero-order chi connectivity index (χ0) is 12.8. The molecule has 0 unspecified atom stereocenters. The molecule has 5 heteroatoms. The largest absolute Gasteiger partial charge is 0.469 e. The molecule has 2 saturated heterocycles. The van der Waals surface area contributed by atoms with Gasteiger partial charge in [0.15, 0.2) is 0 Å². The van der Waals surface area contributed by atoms with E-state index >= 15 is 0 Å². The van der Waals surface area contributed by atoms with Gasteiger partial charge in [0.1, 0.15) is 0 Å². The third-order valence-electron chi connectivity index (χ3n) is 3.36. The van der Waals surface area contributed by atoms with E-state index in [1.165, 1.54) is 12.0 Å². The van der Waals surface area contributed by atoms with Crippen molar-refractivity contribution < 1.29 is 18.8 Å². The van der Waals surface area contributed by atoms with Crippen molar-refractivity contribution in [2.45, 2.75) is 37.5 Å². The first-order chi connectivity index (χ1) is 7.86. The summed E-state index contributed by atoms with van der Waals surface area (Å²) >= 11 is 0. The number of hydrogen-bond donors (Lipinski definition) is 1. The van der Waals surface area contributed by atoms with Crippen LogP contribution in [0.25, 0.3) is 0 Å². The van der Waals surface area contributed by atoms with Crippen LogP contribution in [-0.2, 0) is 9.53 Å². The number of piperidine rings is 1. The van der Waals surface area contributed by atoms with E-state index in [4.69, 9.17) is 4.11 Å². The molecule has 2 aliphatic heterocycles. The number of aliphatic hydroxyl groups is 1. The van der Waals surface area contributed by atoms with Crippen LogP contribution in [0, 0.1) is 5.92 Å². The van der Waals surface area contributed by atoms with Gasteiger partial charge in [0.2, 0.25) is 0 Å². The Morgan fingerprint density at radius 2 is 2.33 bits per heavy atom. The number of carbonyl (C=O) groups excluding carboxylic acids is 1. The van der Waals surface area contributed by atoms with Crippen molar-refractivity contribution >= 4 is 18.4 Å². The molecular formula is C10H18ClNO3. The summed E-state index contributed by atoms with van der Waals surface area (Å²) in [4.78, 5) is 13.0. The molecule has 2 fully saturated rings. The van der Waals surface area contributed by atoms with E-state index in [2.05, 4.69) is 4.74 Å². The van der Waals surface area contributed by atoms with Crippen molar-refractivity contribution in [2.24, 2.45) is 5.92 Å². The van der Waals surface area contributed by atoms with Gasteiger partial charge in [0.25, 0.3) is 0 Å². The predicted molar refractivity (Wildman–Crippen MR) is 58.0 cm³/mol. The maximum atomic E-state index is 11.6. The summed E-state index contributed by atoms with van der Waals surface area (Å²) < 4.78 is 27.2. The quantitative estimate of drug-likeness (QED) is 0.673. The molecule has 15 heavy (non-hydrogen) atoms. The average molecular weight is 239 g/mol. The Balaban J connectivity index is 0.00000162. The lowest BCUT2D eigenvalue weighted by Crippen LogP contribution is -2.52. The molecule has 2 bridgehead atoms. The van der Waals surface area contributed by atoms with Crippen molar-refractivity contribution in [3.05, 3.63) is 0 Å². The second-order valence-corrected chi connectivity index (χ2v) is 4.06. The number of halogens is 1. The van der Waals surface area contributed by atoms with Gasteiger partial charge in [-0.15, -0.1) is 12.4 Å². The van der Waals surface area contributed by atoms with E-state index < -0.39 is 31.0 Å². The summed E-state index contributed by atoms with van der Waals surface area (Å²) in [6, 6.07) is -0.577. The number of ether oxygens (including phenoxy) is 1. The van der Waals surface area contributed by atoms with E-state index in [1.54, 1.807) is 0 Å². The van der Waals surface area contributed by atoms with Gasteiger partial charge < -0.3 is 9.84 Å². The number of carbonyl (C=O) groups is 1. The van der Waals surface area contributed by atoms with Gasteiger partial charge in [-0.1, -0.05) is 0 Å². The summed E-state index contributed by atoms with van der Waals surface area (Å²) in [5.74, 6) is -1.25. The second kappa shape index (κ2) is 4.68. The summed E-state index contributed by atoms with van der Waals surface area (Å²) in [5, 5.41) is 9.92. The van der Waals surface area contributed by atoms with E-state index in [-0.39, 0.29) is 18.4 Å². The van der Waals surface area contributed by atoms with E-state index in [0.29, 0.717) is 19.3 Å². The monoisotopic (exact) mass is 238 g/mol. The molecule has 2 aliphatic rings. The summed E-state index contributed by atoms with van der Waals surface area (Å²) in [7, 11) is 1.26. The van der Waals surface area contributed by atoms with Crippen LogP contribution in [0.4, 0.5) is 0 Å². The number of fused-ring (bicyclic) bond motifs is 2. The first-order valence-corrected chi connectivity index (χ1v) is 4.90. The topological polar surface area (TPSA) is 49.8 Å². The molecule has 0 aromatic carbocycles. The molecule has 0 spiro atoms. The Kier molecular flexibility index (Phi) is 2.74. The Morgan fingerprint density at radius 3 is 2.93 bits per heavy atom. The first kappa shape index (κ1) is 8.79. The summed E-state index contributed by atoms with van der Waals surface area (Å²) in [5.41, 5.74) is 0. The smallest absolute Gasteiger partial charge is 0.312 e. The molecule has 0 radical (unpaired) electrons. The van der Waals surface area contributed by atoms with Gasteiger partial charge in [0, 0.05) is 16.2 Å². The predicted octanol–water partition coefficient (Wildman–Crippen LogP) is 0.425. The molecule has 2 heterocycles. The number of nitrogens with zero attached hydrogens (tertiary/aromatic N) is 1. The Hall–Kier alpha value is -0.320. The fourth-order valence-corrected chi connectivity index (χ4v) is 2.63. The lowest BCUT2D eigenvalue weighted by molar-refractivity contribution is -0.155. The van der Waals surface area contributed by atoms with Gasteiger partial charge in [0.05, 0.1) is 19.1 Å². The van der Waals surface area contributed by atoms with E-state index in [9.17, 15) is 9.90 Å². The minimum absolute atomic E-state index is 0. The van der Waals surface area contributed by atoms with Crippen LogP contribution in [0.2, 0.25) is 0 Å². The molecular weight excluding hydrogens is 218 g/mol. The van der Waals surface area contributed by atoms with Crippen LogP contribution in [0.5, 0.6) is 0 Å². The van der Waals surface area contributed by atoms with Crippen LogP contribution >= 0.6 is 12.4 Å². The molecule has 2 rings (SSSR count). The minimum atomic E-state index is -2.21. The van der Waals surface area contributed by atoms with E-state index in [1.807, 2.05) is 0 Å². The van der Waals surface area contributed by atoms with Crippen molar-refractivity contribution in [1.82, 2.24) is 4.90 Å². The van der Waals surface area contributed by atoms with Crippen LogP contribution < -0.4 is 0 Å². The van der Waals surface area contributed by atoms with Crippen LogP contribution in [0.3, 0.4) is 0 Å². The maximum Gasteiger partial charge on any atom is 0.312 e. The maximum absolute atomic E-state index is 11.6. The number of rotatable bonds is 1. The molecule has 0 aromatic heterocycles. The molecule has 4 atom stereocenters. The highest BCUT2D eigenvalue weighted by Crippen LogP contribution is 2.38. The number of esters is 1. The zero-order valence-electron chi connectivity index (χ0n) is 11.5. The lowest BCUT2D eigenvalue weighted by Gasteiger charge is -2.39. The highest BCUT2D eigenvalue weighted by Gasteiger charge is 2.48. The highest BCUT2D eigenvalue weighted by molar-refractivity contribution is 5.85. The Labute approximate surface area is 100 Å². The molecule has 0 aliphatic carbocycles. The summed E-state index contributed by atoms with van der Waals surface area (Å²) in [6.45, 7) is -2.21. The van der Waals surface area contributed by atoms with Crippen LogP contribution in [-0.4, -0.2) is 48.2 Å². The highest BCUT2D eigenvalue weighted by atomic mass is 35.5. The van der Waals surface area contributed by atoms with Crippen LogP contribution in [0.1, 0.15) is 23.4 Å². The van der Waals surface area contributed by atoms with Gasteiger partial charge in [-0.2, -0.15) is 0 Å². The third kappa shape index (κ3) is 1.98. The fourth-order valence-electron chi connectivity index (χ4n) is 2.63. The SMILES string of the molecule is Cl.[2H]C([2H])([2H])N1[C@H]2CC[C@@H]1[C@@H](C(=O)OC)[C@@H](O)C2. The standard InChI is InChI=1S/C10H17NO3.ClH/c1-11-6-3-4-7(11)9(8(12)5-6)10(13)14-2;/h6-9,12H,3-5H2,1-2H3;1H/t6-,7+,8-,9+;/m0./s1/i1D3;. The lowest BCUT2D eigenvalue weighted by atomic mass is 9.88. The van der Waals surface area contributed by atoms with Crippen LogP contribution in [0.15, 0.2) is 0 Å². The van der Waals surface area contributed by atoms with Gasteiger partial charge in [-0.3, -0.25) is 9.69 Å². The molecule has 0 saturated carbocycles. The number of methoxy groups -OCH3 is 1. The molecule has 88 valence electrons. The normalized spacial score (nSPS) is 43.5. The number of hydrogen-bond acceptors (Lipinski definition) is 4. The molecule has 0 amide bonds. The van der Waals surface area contributed by atoms with Crippen molar-refractivity contribution in [3.63, 3.8) is 0 Å². The third-order valence-corrected chi connectivity index (χ3v) is 3.36. The average Bonchev–Trinajstić information content (AvgIpc) is 2.54. The second-order valence-electron chi connectivity index (χ2n) is 4.06. The van der Waals surface area contributed by atoms with E-state index in [0.717, 1.165) is 0 Å². The Morgan fingerprint density at radius 1 is 1.60 bits per heavy atom. The fraction of sp³-hybridized carbons (Fsp3) is 0.900. The summed E-state index contributed by atoms with van der Waals surface area (Å²) in [6.07, 6.45) is 0.876. The minimum Gasteiger partial charge on any atom is -0.469 e. The molecule has 4 nitrogen and oxygen atoms in total. The number of aliphatic hydroxyl groups excluding tert-OH is 1. The van der Waals surface area contributed by atoms with Crippen molar-refractivity contribution in [2.75, 3.05) is 14.1 Å². The zero-order valence-corrected chi connectivity index (χ0v) is 9.37. The van der Waals surface area contributed by atoms with Crippen molar-refractivity contribution in [3.8, 4) is 0 Å². The Bertz CT molecular complexity index is 326. The van der Waals surface area contributed by atoms with Crippen molar-refractivity contribution in [1.29, 1.82) is 0 Å². The van der Waals surface area contributed by atoms with Gasteiger partial charge in [-0.25, -0.2) is 0 Å². The molecule has 0 aromatic rings.